The van der Waals surface area contributed by atoms with Crippen molar-refractivity contribution in [2.75, 3.05) is 20.6 Å². The van der Waals surface area contributed by atoms with E-state index in [9.17, 15) is 4.79 Å². The Hall–Kier alpha value is -0.620. The molecule has 1 aliphatic carbocycles. The van der Waals surface area contributed by atoms with Crippen LogP contribution in [0.2, 0.25) is 0 Å². The molecule has 148 valence electrons. The van der Waals surface area contributed by atoms with Crippen molar-refractivity contribution in [1.82, 2.24) is 0 Å². The zero-order valence-corrected chi connectivity index (χ0v) is 19.5. The summed E-state index contributed by atoms with van der Waals surface area (Å²) in [7, 11) is 4.55. The zero-order valence-electron chi connectivity index (χ0n) is 17.3. The van der Waals surface area contributed by atoms with Crippen LogP contribution >= 0.6 is 0 Å². The summed E-state index contributed by atoms with van der Waals surface area (Å²) >= 11 is 0. The lowest BCUT2D eigenvalue weighted by Crippen LogP contribution is -3.00. The highest BCUT2D eigenvalue weighted by Crippen LogP contribution is 2.26. The molecule has 0 N–H and O–H groups in total. The van der Waals surface area contributed by atoms with Gasteiger partial charge in [-0.2, -0.15) is 0 Å². The number of benzene rings is 1. The minimum atomic E-state index is -0.211. The Balaban J connectivity index is 0.00000338. The first-order chi connectivity index (χ1) is 11.6. The summed E-state index contributed by atoms with van der Waals surface area (Å²) in [6.07, 6.45) is 6.54. The molecule has 0 unspecified atom stereocenters. The first-order valence-corrected chi connectivity index (χ1v) is 9.74. The van der Waals surface area contributed by atoms with Gasteiger partial charge in [0.05, 0.1) is 25.7 Å². The molecule has 1 aromatic carbocycles. The molecule has 0 radical (unpaired) electrons. The summed E-state index contributed by atoms with van der Waals surface area (Å²) in [4.78, 5) is 12.4. The number of carbonyl (C=O) groups is 1. The number of quaternary nitrogens is 1. The largest absolute Gasteiger partial charge is 1.00 e. The maximum absolute atomic E-state index is 12.4. The zero-order chi connectivity index (χ0) is 18.7. The Morgan fingerprint density at radius 3 is 2.15 bits per heavy atom. The molecule has 0 heterocycles. The summed E-state index contributed by atoms with van der Waals surface area (Å²) in [6.45, 7) is 9.41. The van der Waals surface area contributed by atoms with Crippen LogP contribution in [0.25, 0.3) is 0 Å². The third-order valence-electron chi connectivity index (χ3n) is 5.59. The van der Waals surface area contributed by atoms with Crippen molar-refractivity contribution in [3.8, 4) is 0 Å². The van der Waals surface area contributed by atoms with Crippen LogP contribution in [0, 0.1) is 0 Å². The van der Waals surface area contributed by atoms with Crippen molar-refractivity contribution in [3.63, 3.8) is 0 Å². The maximum atomic E-state index is 12.4. The fourth-order valence-electron chi connectivity index (χ4n) is 3.99. The monoisotopic (exact) mass is 473 g/mol. The van der Waals surface area contributed by atoms with Crippen molar-refractivity contribution in [2.45, 2.75) is 77.4 Å². The van der Waals surface area contributed by atoms with Crippen LogP contribution < -0.4 is 24.0 Å². The van der Waals surface area contributed by atoms with E-state index < -0.39 is 0 Å². The Morgan fingerprint density at radius 2 is 1.65 bits per heavy atom. The van der Waals surface area contributed by atoms with Crippen molar-refractivity contribution < 1.29 is 38.0 Å². The summed E-state index contributed by atoms with van der Waals surface area (Å²) in [5.41, 5.74) is 1.96. The Bertz CT molecular complexity index is 569. The van der Waals surface area contributed by atoms with Gasteiger partial charge in [0.25, 0.3) is 0 Å². The molecule has 0 saturated heterocycles. The quantitative estimate of drug-likeness (QED) is 0.371. The average molecular weight is 473 g/mol. The fourth-order valence-corrected chi connectivity index (χ4v) is 3.99. The van der Waals surface area contributed by atoms with Gasteiger partial charge in [-0.15, -0.1) is 0 Å². The summed E-state index contributed by atoms with van der Waals surface area (Å²) in [6, 6.07) is 8.53. The van der Waals surface area contributed by atoms with E-state index in [0.717, 1.165) is 11.0 Å². The van der Waals surface area contributed by atoms with Gasteiger partial charge in [0.2, 0.25) is 0 Å². The smallest absolute Gasteiger partial charge is 0.338 e. The lowest BCUT2D eigenvalue weighted by atomic mass is 9.87. The third kappa shape index (κ3) is 6.52. The van der Waals surface area contributed by atoms with Crippen LogP contribution in [-0.4, -0.2) is 43.2 Å². The van der Waals surface area contributed by atoms with Crippen molar-refractivity contribution >= 4 is 5.97 Å². The van der Waals surface area contributed by atoms with Crippen LogP contribution in [0.15, 0.2) is 24.3 Å². The molecule has 0 aliphatic heterocycles. The van der Waals surface area contributed by atoms with E-state index in [2.05, 4.69) is 34.9 Å². The third-order valence-corrected chi connectivity index (χ3v) is 5.59. The minimum absolute atomic E-state index is 0. The molecule has 1 aliphatic rings. The SMILES string of the molecule is C[C@@H](C[N+](C)(C)C1CCCCC1)OC(=O)c1ccc(C(C)(C)C)cc1.[I-]. The van der Waals surface area contributed by atoms with Gasteiger partial charge in [0.1, 0.15) is 12.6 Å². The molecule has 26 heavy (non-hydrogen) atoms. The highest BCUT2D eigenvalue weighted by Gasteiger charge is 2.32. The molecule has 0 bridgehead atoms. The van der Waals surface area contributed by atoms with Crippen molar-refractivity contribution in [2.24, 2.45) is 0 Å². The van der Waals surface area contributed by atoms with Crippen LogP contribution in [-0.2, 0) is 10.2 Å². The second kappa shape index (κ2) is 9.54. The van der Waals surface area contributed by atoms with Gasteiger partial charge in [0.15, 0.2) is 0 Å². The highest BCUT2D eigenvalue weighted by molar-refractivity contribution is 5.89. The van der Waals surface area contributed by atoms with Gasteiger partial charge in [-0.25, -0.2) is 4.79 Å². The Morgan fingerprint density at radius 1 is 1.12 bits per heavy atom. The number of likely N-dealkylation sites (N-methyl/N-ethyl adjacent to an activating group) is 1. The van der Waals surface area contributed by atoms with E-state index in [1.165, 1.54) is 37.7 Å². The molecule has 4 heteroatoms. The van der Waals surface area contributed by atoms with Gasteiger partial charge in [-0.3, -0.25) is 0 Å². The van der Waals surface area contributed by atoms with Gasteiger partial charge in [0, 0.05) is 0 Å². The van der Waals surface area contributed by atoms with Crippen LogP contribution in [0.3, 0.4) is 0 Å². The predicted molar refractivity (Wildman–Crippen MR) is 104 cm³/mol. The lowest BCUT2D eigenvalue weighted by Gasteiger charge is -2.41. The molecular formula is C22H36INO2. The first kappa shape index (κ1) is 23.4. The van der Waals surface area contributed by atoms with E-state index in [1.807, 2.05) is 31.2 Å². The topological polar surface area (TPSA) is 26.3 Å². The number of ether oxygens (including phenoxy) is 1. The fraction of sp³-hybridized carbons (Fsp3) is 0.682. The van der Waals surface area contributed by atoms with Gasteiger partial charge in [-0.05, 0) is 55.7 Å². The summed E-state index contributed by atoms with van der Waals surface area (Å²) in [5, 5.41) is 0. The summed E-state index contributed by atoms with van der Waals surface area (Å²) < 4.78 is 6.68. The number of nitrogens with zero attached hydrogens (tertiary/aromatic N) is 1. The van der Waals surface area contributed by atoms with Crippen LogP contribution in [0.4, 0.5) is 0 Å². The second-order valence-electron chi connectivity index (χ2n) is 9.30. The molecule has 0 amide bonds. The minimum Gasteiger partial charge on any atom is -1.00 e. The molecule has 1 atom stereocenters. The normalized spacial score (nSPS) is 17.3. The van der Waals surface area contributed by atoms with Gasteiger partial charge >= 0.3 is 5.97 Å². The lowest BCUT2D eigenvalue weighted by molar-refractivity contribution is -0.918. The van der Waals surface area contributed by atoms with E-state index in [4.69, 9.17) is 4.74 Å². The van der Waals surface area contributed by atoms with E-state index in [1.54, 1.807) is 0 Å². The molecule has 3 nitrogen and oxygen atoms in total. The predicted octanol–water partition coefficient (Wildman–Crippen LogP) is 1.94. The molecule has 1 saturated carbocycles. The molecule has 1 fully saturated rings. The molecule has 1 aromatic rings. The van der Waals surface area contributed by atoms with E-state index >= 15 is 0 Å². The molecule has 0 spiro atoms. The highest BCUT2D eigenvalue weighted by atomic mass is 127. The Labute approximate surface area is 177 Å². The number of esters is 1. The summed E-state index contributed by atoms with van der Waals surface area (Å²) in [5.74, 6) is -0.211. The first-order valence-electron chi connectivity index (χ1n) is 9.74. The molecule has 2 rings (SSSR count). The number of hydrogen-bond acceptors (Lipinski definition) is 2. The van der Waals surface area contributed by atoms with Crippen LogP contribution in [0.1, 0.15) is 75.7 Å². The standard InChI is InChI=1S/C22H36NO2.HI/c1-17(16-23(5,6)20-10-8-7-9-11-20)25-21(24)18-12-14-19(15-13-18)22(2,3)4;/h12-15,17,20H,7-11,16H2,1-6H3;1H/q+1;/p-1/t17-;/m0./s1. The molecule has 0 aromatic heterocycles. The maximum Gasteiger partial charge on any atom is 0.338 e. The average Bonchev–Trinajstić information content (AvgIpc) is 2.54. The van der Waals surface area contributed by atoms with E-state index in [-0.39, 0.29) is 41.5 Å². The number of carbonyl (C=O) groups excluding carboxylic acids is 1. The molecular weight excluding hydrogens is 437 g/mol. The van der Waals surface area contributed by atoms with Crippen LogP contribution in [0.5, 0.6) is 0 Å². The number of hydrogen-bond donors (Lipinski definition) is 0. The second-order valence-corrected chi connectivity index (χ2v) is 9.30. The van der Waals surface area contributed by atoms with Gasteiger partial charge < -0.3 is 33.2 Å². The number of rotatable bonds is 5. The number of halogens is 1. The van der Waals surface area contributed by atoms with Gasteiger partial charge in [-0.1, -0.05) is 39.3 Å². The van der Waals surface area contributed by atoms with Crippen molar-refractivity contribution in [3.05, 3.63) is 35.4 Å². The van der Waals surface area contributed by atoms with E-state index in [0.29, 0.717) is 11.6 Å². The Kier molecular flexibility index (Phi) is 8.59. The van der Waals surface area contributed by atoms with Crippen molar-refractivity contribution in [1.29, 1.82) is 0 Å².